The fourth-order valence-corrected chi connectivity index (χ4v) is 3.71. The number of hydrogen-bond donors (Lipinski definition) is 2. The summed E-state index contributed by atoms with van der Waals surface area (Å²) in [6.45, 7) is 0.675. The minimum atomic E-state index is -3.33. The molecule has 7 nitrogen and oxygen atoms in total. The van der Waals surface area contributed by atoms with Gasteiger partial charge < -0.3 is 9.88 Å². The normalized spacial score (nSPS) is 19.3. The van der Waals surface area contributed by atoms with E-state index in [9.17, 15) is 13.2 Å². The zero-order chi connectivity index (χ0) is 15.0. The number of amides is 1. The molecule has 112 valence electrons. The number of rotatable bonds is 3. The Morgan fingerprint density at radius 1 is 1.48 bits per heavy atom. The molecule has 0 bridgehead atoms. The van der Waals surface area contributed by atoms with Crippen LogP contribution in [0.4, 0.5) is 0 Å². The number of carbonyl (C=O) groups is 1. The topological polar surface area (TPSA) is 95.2 Å². The zero-order valence-corrected chi connectivity index (χ0v) is 12.4. The predicted molar refractivity (Wildman–Crippen MR) is 78.4 cm³/mol. The highest BCUT2D eigenvalue weighted by Crippen LogP contribution is 2.20. The fraction of sp³-hybridized carbons (Fsp3) is 0.385. The zero-order valence-electron chi connectivity index (χ0n) is 11.5. The van der Waals surface area contributed by atoms with Crippen molar-refractivity contribution < 1.29 is 13.2 Å². The van der Waals surface area contributed by atoms with E-state index in [0.29, 0.717) is 18.5 Å². The van der Waals surface area contributed by atoms with Gasteiger partial charge in [-0.2, -0.15) is 0 Å². The molecule has 1 amide bonds. The highest BCUT2D eigenvalue weighted by atomic mass is 32.2. The first-order chi connectivity index (χ1) is 10.0. The molecule has 0 aliphatic carbocycles. The summed E-state index contributed by atoms with van der Waals surface area (Å²) in [6, 6.07) is 5.23. The van der Waals surface area contributed by atoms with Crippen LogP contribution < -0.4 is 4.72 Å². The van der Waals surface area contributed by atoms with Crippen LogP contribution in [0.2, 0.25) is 0 Å². The monoisotopic (exact) mass is 308 g/mol. The Bertz CT molecular complexity index is 784. The van der Waals surface area contributed by atoms with E-state index in [1.807, 2.05) is 0 Å². The number of carbonyl (C=O) groups excluding carboxylic acids is 1. The van der Waals surface area contributed by atoms with Gasteiger partial charge in [-0.3, -0.25) is 4.79 Å². The molecule has 2 heterocycles. The third-order valence-corrected chi connectivity index (χ3v) is 5.65. The quantitative estimate of drug-likeness (QED) is 0.854. The lowest BCUT2D eigenvalue weighted by molar-refractivity contribution is 0.0793. The molecule has 0 saturated carbocycles. The van der Waals surface area contributed by atoms with Crippen LogP contribution in [0, 0.1) is 0 Å². The first-order valence-corrected chi connectivity index (χ1v) is 8.20. The fourth-order valence-electron chi connectivity index (χ4n) is 2.58. The van der Waals surface area contributed by atoms with Crippen molar-refractivity contribution in [1.82, 2.24) is 19.6 Å². The SMILES string of the molecule is CNS(=O)(=O)C1CCN(C(=O)c2ccc3nc[nH]c3c2)C1. The molecule has 1 aliphatic rings. The van der Waals surface area contributed by atoms with Gasteiger partial charge in [-0.15, -0.1) is 0 Å². The van der Waals surface area contributed by atoms with Gasteiger partial charge in [0.05, 0.1) is 22.6 Å². The van der Waals surface area contributed by atoms with Gasteiger partial charge in [0.15, 0.2) is 0 Å². The molecule has 1 aromatic heterocycles. The summed E-state index contributed by atoms with van der Waals surface area (Å²) in [7, 11) is -1.94. The van der Waals surface area contributed by atoms with E-state index in [1.54, 1.807) is 29.4 Å². The molecule has 8 heteroatoms. The number of aromatic nitrogens is 2. The van der Waals surface area contributed by atoms with Crippen molar-refractivity contribution in [3.05, 3.63) is 30.1 Å². The predicted octanol–water partition coefficient (Wildman–Crippen LogP) is 0.327. The minimum absolute atomic E-state index is 0.152. The van der Waals surface area contributed by atoms with Crippen molar-refractivity contribution >= 4 is 27.0 Å². The van der Waals surface area contributed by atoms with Crippen LogP contribution in [0.25, 0.3) is 11.0 Å². The highest BCUT2D eigenvalue weighted by Gasteiger charge is 2.34. The average Bonchev–Trinajstić information content (AvgIpc) is 3.14. The number of benzene rings is 1. The lowest BCUT2D eigenvalue weighted by atomic mass is 10.2. The number of fused-ring (bicyclic) bond motifs is 1. The molecule has 1 fully saturated rings. The molecule has 1 aliphatic heterocycles. The maximum atomic E-state index is 12.4. The lowest BCUT2D eigenvalue weighted by Gasteiger charge is -2.16. The summed E-state index contributed by atoms with van der Waals surface area (Å²) in [5.74, 6) is -0.152. The Morgan fingerprint density at radius 2 is 2.29 bits per heavy atom. The van der Waals surface area contributed by atoms with Crippen LogP contribution in [0.5, 0.6) is 0 Å². The van der Waals surface area contributed by atoms with E-state index in [0.717, 1.165) is 11.0 Å². The van der Waals surface area contributed by atoms with Gasteiger partial charge in [-0.25, -0.2) is 18.1 Å². The molecular formula is C13H16N4O3S. The number of likely N-dealkylation sites (tertiary alicyclic amines) is 1. The second-order valence-electron chi connectivity index (χ2n) is 5.05. The maximum Gasteiger partial charge on any atom is 0.253 e. The number of aromatic amines is 1. The highest BCUT2D eigenvalue weighted by molar-refractivity contribution is 7.90. The van der Waals surface area contributed by atoms with Crippen molar-refractivity contribution in [3.63, 3.8) is 0 Å². The molecule has 21 heavy (non-hydrogen) atoms. The maximum absolute atomic E-state index is 12.4. The molecule has 2 aromatic rings. The van der Waals surface area contributed by atoms with E-state index in [1.165, 1.54) is 7.05 Å². The van der Waals surface area contributed by atoms with Gasteiger partial charge in [0.2, 0.25) is 10.0 Å². The summed E-state index contributed by atoms with van der Waals surface area (Å²) in [5.41, 5.74) is 2.12. The van der Waals surface area contributed by atoms with Crippen LogP contribution in [0.3, 0.4) is 0 Å². The summed E-state index contributed by atoms with van der Waals surface area (Å²) < 4.78 is 25.9. The molecule has 1 atom stereocenters. The molecular weight excluding hydrogens is 292 g/mol. The summed E-state index contributed by atoms with van der Waals surface area (Å²) >= 11 is 0. The van der Waals surface area contributed by atoms with Gasteiger partial charge in [0.1, 0.15) is 0 Å². The number of hydrogen-bond acceptors (Lipinski definition) is 4. The van der Waals surface area contributed by atoms with E-state index in [4.69, 9.17) is 0 Å². The van der Waals surface area contributed by atoms with Gasteiger partial charge >= 0.3 is 0 Å². The molecule has 1 unspecified atom stereocenters. The Labute approximate surface area is 122 Å². The second kappa shape index (κ2) is 5.12. The minimum Gasteiger partial charge on any atom is -0.345 e. The van der Waals surface area contributed by atoms with Crippen LogP contribution in [-0.2, 0) is 10.0 Å². The summed E-state index contributed by atoms with van der Waals surface area (Å²) in [6.07, 6.45) is 2.03. The van der Waals surface area contributed by atoms with Crippen molar-refractivity contribution in [2.24, 2.45) is 0 Å². The summed E-state index contributed by atoms with van der Waals surface area (Å²) in [5, 5.41) is -0.540. The number of H-pyrrole nitrogens is 1. The molecule has 0 radical (unpaired) electrons. The number of sulfonamides is 1. The Hall–Kier alpha value is -1.93. The lowest BCUT2D eigenvalue weighted by Crippen LogP contribution is -2.36. The number of imidazole rings is 1. The largest absolute Gasteiger partial charge is 0.345 e. The summed E-state index contributed by atoms with van der Waals surface area (Å²) in [4.78, 5) is 21.1. The van der Waals surface area contributed by atoms with Crippen molar-refractivity contribution in [3.8, 4) is 0 Å². The third kappa shape index (κ3) is 2.52. The number of nitrogens with zero attached hydrogens (tertiary/aromatic N) is 2. The second-order valence-corrected chi connectivity index (χ2v) is 7.21. The first-order valence-electron chi connectivity index (χ1n) is 6.66. The van der Waals surface area contributed by atoms with Gasteiger partial charge in [-0.05, 0) is 31.7 Å². The van der Waals surface area contributed by atoms with Crippen molar-refractivity contribution in [2.45, 2.75) is 11.7 Å². The van der Waals surface area contributed by atoms with Crippen LogP contribution in [-0.4, -0.2) is 54.6 Å². The Balaban J connectivity index is 1.80. The van der Waals surface area contributed by atoms with E-state index >= 15 is 0 Å². The third-order valence-electron chi connectivity index (χ3n) is 3.82. The van der Waals surface area contributed by atoms with Gasteiger partial charge in [0.25, 0.3) is 5.91 Å². The van der Waals surface area contributed by atoms with Crippen molar-refractivity contribution in [1.29, 1.82) is 0 Å². The van der Waals surface area contributed by atoms with Gasteiger partial charge in [-0.1, -0.05) is 0 Å². The average molecular weight is 308 g/mol. The molecule has 0 spiro atoms. The van der Waals surface area contributed by atoms with Crippen molar-refractivity contribution in [2.75, 3.05) is 20.1 Å². The van der Waals surface area contributed by atoms with E-state index < -0.39 is 15.3 Å². The first kappa shape index (κ1) is 14.0. The van der Waals surface area contributed by atoms with E-state index in [-0.39, 0.29) is 12.5 Å². The molecule has 1 saturated heterocycles. The van der Waals surface area contributed by atoms with Gasteiger partial charge in [0, 0.05) is 18.7 Å². The standard InChI is InChI=1S/C13H16N4O3S/c1-14-21(19,20)10-4-5-17(7-10)13(18)9-2-3-11-12(6-9)16-8-15-11/h2-3,6,8,10,14H,4-5,7H2,1H3,(H,15,16). The van der Waals surface area contributed by atoms with Crippen LogP contribution >= 0.6 is 0 Å². The Kier molecular flexibility index (Phi) is 3.42. The molecule has 2 N–H and O–H groups in total. The Morgan fingerprint density at radius 3 is 3.05 bits per heavy atom. The molecule has 3 rings (SSSR count). The van der Waals surface area contributed by atoms with Crippen LogP contribution in [0.15, 0.2) is 24.5 Å². The number of nitrogens with one attached hydrogen (secondary N) is 2. The van der Waals surface area contributed by atoms with Crippen LogP contribution in [0.1, 0.15) is 16.8 Å². The smallest absolute Gasteiger partial charge is 0.253 e. The van der Waals surface area contributed by atoms with E-state index in [2.05, 4.69) is 14.7 Å². The molecule has 1 aromatic carbocycles.